The average molecular weight is 318 g/mol. The maximum absolute atomic E-state index is 9.80. The summed E-state index contributed by atoms with van der Waals surface area (Å²) < 4.78 is 0. The van der Waals surface area contributed by atoms with Gasteiger partial charge in [0.15, 0.2) is 5.41 Å². The standard InChI is InChI=1S/C18H14N4S/c19-8-14-13-6-7-23-9-15(13)16(12-4-2-1-3-5-12)18(10-20,11-21)17(14)22/h1-6,14-16,22H,7,9H2/t14-,15+,16-/m1/s1. The predicted molar refractivity (Wildman–Crippen MR) is 88.6 cm³/mol. The van der Waals surface area contributed by atoms with Gasteiger partial charge in [0.25, 0.3) is 0 Å². The Morgan fingerprint density at radius 2 is 1.83 bits per heavy atom. The van der Waals surface area contributed by atoms with Gasteiger partial charge in [0.1, 0.15) is 5.92 Å². The van der Waals surface area contributed by atoms with Crippen molar-refractivity contribution in [2.45, 2.75) is 5.92 Å². The summed E-state index contributed by atoms with van der Waals surface area (Å²) in [7, 11) is 0. The number of hydrogen-bond donors (Lipinski definition) is 1. The zero-order valence-corrected chi connectivity index (χ0v) is 13.2. The molecular weight excluding hydrogens is 304 g/mol. The van der Waals surface area contributed by atoms with Crippen molar-refractivity contribution in [3.8, 4) is 18.2 Å². The summed E-state index contributed by atoms with van der Waals surface area (Å²) in [6.45, 7) is 0. The SMILES string of the molecule is N#C[C@H]1C(=N)C(C#N)(C#N)[C@H](c2ccccc2)[C@H]2CSCC=C12. The molecule has 3 atom stereocenters. The van der Waals surface area contributed by atoms with Gasteiger partial charge in [0, 0.05) is 23.3 Å². The van der Waals surface area contributed by atoms with E-state index in [1.165, 1.54) is 0 Å². The van der Waals surface area contributed by atoms with Crippen molar-refractivity contribution in [3.05, 3.63) is 47.5 Å². The van der Waals surface area contributed by atoms with Crippen molar-refractivity contribution in [2.75, 3.05) is 11.5 Å². The van der Waals surface area contributed by atoms with Crippen LogP contribution >= 0.6 is 11.8 Å². The zero-order valence-electron chi connectivity index (χ0n) is 12.4. The van der Waals surface area contributed by atoms with Crippen LogP contribution in [0.5, 0.6) is 0 Å². The second kappa shape index (κ2) is 5.92. The Bertz CT molecular complexity index is 777. The highest BCUT2D eigenvalue weighted by Crippen LogP contribution is 2.54. The normalized spacial score (nSPS) is 28.5. The van der Waals surface area contributed by atoms with Crippen LogP contribution in [0.25, 0.3) is 0 Å². The second-order valence-electron chi connectivity index (χ2n) is 5.74. The summed E-state index contributed by atoms with van der Waals surface area (Å²) in [5, 5.41) is 37.6. The molecule has 4 nitrogen and oxygen atoms in total. The van der Waals surface area contributed by atoms with E-state index >= 15 is 0 Å². The van der Waals surface area contributed by atoms with Gasteiger partial charge < -0.3 is 5.41 Å². The first kappa shape index (κ1) is 15.3. The average Bonchev–Trinajstić information content (AvgIpc) is 2.61. The summed E-state index contributed by atoms with van der Waals surface area (Å²) in [6, 6.07) is 15.8. The van der Waals surface area contributed by atoms with Crippen LogP contribution in [0.3, 0.4) is 0 Å². The Balaban J connectivity index is 2.26. The van der Waals surface area contributed by atoms with Gasteiger partial charge in [-0.15, -0.1) is 0 Å². The summed E-state index contributed by atoms with van der Waals surface area (Å²) in [4.78, 5) is 0. The molecule has 1 saturated carbocycles. The van der Waals surface area contributed by atoms with Crippen molar-refractivity contribution in [1.82, 2.24) is 0 Å². The van der Waals surface area contributed by atoms with E-state index < -0.39 is 17.3 Å². The van der Waals surface area contributed by atoms with Crippen LogP contribution in [-0.2, 0) is 0 Å². The van der Waals surface area contributed by atoms with Gasteiger partial charge in [-0.1, -0.05) is 36.4 Å². The van der Waals surface area contributed by atoms with Gasteiger partial charge in [0.2, 0.25) is 0 Å². The van der Waals surface area contributed by atoms with E-state index in [4.69, 9.17) is 5.41 Å². The van der Waals surface area contributed by atoms with Crippen molar-refractivity contribution >= 4 is 17.5 Å². The first-order valence-electron chi connectivity index (χ1n) is 7.33. The lowest BCUT2D eigenvalue weighted by atomic mass is 9.55. The highest BCUT2D eigenvalue weighted by Gasteiger charge is 2.57. The molecule has 0 saturated heterocycles. The first-order valence-corrected chi connectivity index (χ1v) is 8.48. The van der Waals surface area contributed by atoms with E-state index in [1.807, 2.05) is 36.4 Å². The fraction of sp³-hybridized carbons (Fsp3) is 0.333. The number of nitrogens with one attached hydrogen (secondary N) is 1. The number of nitrogens with zero attached hydrogens (tertiary/aromatic N) is 3. The highest BCUT2D eigenvalue weighted by atomic mass is 32.2. The van der Waals surface area contributed by atoms with Gasteiger partial charge in [-0.25, -0.2) is 0 Å². The third-order valence-corrected chi connectivity index (χ3v) is 5.72. The first-order chi connectivity index (χ1) is 11.2. The summed E-state index contributed by atoms with van der Waals surface area (Å²) >= 11 is 1.74. The van der Waals surface area contributed by atoms with Gasteiger partial charge in [-0.05, 0) is 11.1 Å². The predicted octanol–water partition coefficient (Wildman–Crippen LogP) is 3.27. The van der Waals surface area contributed by atoms with Crippen LogP contribution in [0.2, 0.25) is 0 Å². The molecule has 5 heteroatoms. The van der Waals surface area contributed by atoms with Crippen LogP contribution in [0.4, 0.5) is 0 Å². The molecule has 1 aromatic rings. The van der Waals surface area contributed by atoms with Gasteiger partial charge in [-0.3, -0.25) is 0 Å². The minimum absolute atomic E-state index is 0.0609. The number of allylic oxidation sites excluding steroid dienone is 1. The number of thioether (sulfide) groups is 1. The summed E-state index contributed by atoms with van der Waals surface area (Å²) in [5.74, 6) is 0.344. The molecule has 112 valence electrons. The fourth-order valence-electron chi connectivity index (χ4n) is 3.65. The van der Waals surface area contributed by atoms with E-state index in [0.717, 1.165) is 22.6 Å². The number of fused-ring (bicyclic) bond motifs is 1. The fourth-order valence-corrected chi connectivity index (χ4v) is 4.73. The molecule has 23 heavy (non-hydrogen) atoms. The van der Waals surface area contributed by atoms with E-state index in [-0.39, 0.29) is 11.6 Å². The maximum Gasteiger partial charge on any atom is 0.189 e. The van der Waals surface area contributed by atoms with Crippen LogP contribution < -0.4 is 0 Å². The zero-order chi connectivity index (χ0) is 16.4. The Kier molecular flexibility index (Phi) is 3.95. The highest BCUT2D eigenvalue weighted by molar-refractivity contribution is 7.99. The lowest BCUT2D eigenvalue weighted by Gasteiger charge is -2.45. The Hall–Kier alpha value is -2.55. The molecule has 0 unspecified atom stereocenters. The third kappa shape index (κ3) is 2.15. The van der Waals surface area contributed by atoms with Gasteiger partial charge >= 0.3 is 0 Å². The van der Waals surface area contributed by atoms with E-state index in [0.29, 0.717) is 0 Å². The smallest absolute Gasteiger partial charge is 0.189 e. The number of nitriles is 3. The van der Waals surface area contributed by atoms with Crippen molar-refractivity contribution in [3.63, 3.8) is 0 Å². The molecule has 1 aromatic carbocycles. The Morgan fingerprint density at radius 1 is 1.13 bits per heavy atom. The van der Waals surface area contributed by atoms with Crippen LogP contribution in [0, 0.1) is 56.7 Å². The molecule has 0 bridgehead atoms. The van der Waals surface area contributed by atoms with Crippen LogP contribution in [0.1, 0.15) is 11.5 Å². The van der Waals surface area contributed by atoms with E-state index in [1.54, 1.807) is 11.8 Å². The molecule has 1 N–H and O–H groups in total. The molecule has 0 spiro atoms. The van der Waals surface area contributed by atoms with E-state index in [2.05, 4.69) is 18.2 Å². The van der Waals surface area contributed by atoms with Crippen LogP contribution in [-0.4, -0.2) is 17.2 Å². The molecule has 1 aliphatic carbocycles. The molecule has 0 radical (unpaired) electrons. The lowest BCUT2D eigenvalue weighted by Crippen LogP contribution is -2.49. The van der Waals surface area contributed by atoms with Crippen molar-refractivity contribution in [2.24, 2.45) is 17.3 Å². The number of benzene rings is 1. The monoisotopic (exact) mass is 318 g/mol. The molecule has 0 amide bonds. The quantitative estimate of drug-likeness (QED) is 0.804. The largest absolute Gasteiger partial charge is 0.305 e. The van der Waals surface area contributed by atoms with Gasteiger partial charge in [-0.2, -0.15) is 27.5 Å². The minimum Gasteiger partial charge on any atom is -0.305 e. The van der Waals surface area contributed by atoms with Crippen molar-refractivity contribution in [1.29, 1.82) is 21.2 Å². The minimum atomic E-state index is -1.58. The lowest BCUT2D eigenvalue weighted by molar-refractivity contribution is 0.378. The Morgan fingerprint density at radius 3 is 2.43 bits per heavy atom. The molecular formula is C18H14N4S. The third-order valence-electron chi connectivity index (χ3n) is 4.72. The maximum atomic E-state index is 9.80. The van der Waals surface area contributed by atoms with Crippen molar-refractivity contribution < 1.29 is 0 Å². The molecule has 1 fully saturated rings. The number of rotatable bonds is 1. The second-order valence-corrected chi connectivity index (χ2v) is 6.82. The summed E-state index contributed by atoms with van der Waals surface area (Å²) in [5.41, 5.74) is 0.136. The molecule has 0 aromatic heterocycles. The molecule has 3 rings (SSSR count). The Labute approximate surface area is 139 Å². The van der Waals surface area contributed by atoms with Gasteiger partial charge in [0.05, 0.1) is 23.9 Å². The summed E-state index contributed by atoms with van der Waals surface area (Å²) in [6.07, 6.45) is 2.01. The molecule has 1 aliphatic heterocycles. The molecule has 1 heterocycles. The van der Waals surface area contributed by atoms with E-state index in [9.17, 15) is 15.8 Å². The topological polar surface area (TPSA) is 95.2 Å². The van der Waals surface area contributed by atoms with Crippen LogP contribution in [0.15, 0.2) is 42.0 Å². The molecule has 2 aliphatic rings. The number of hydrogen-bond acceptors (Lipinski definition) is 5.